The zero-order chi connectivity index (χ0) is 11.3. The highest BCUT2D eigenvalue weighted by molar-refractivity contribution is 6.05. The molecule has 0 fully saturated rings. The normalized spacial score (nSPS) is 9.73. The zero-order valence-electron chi connectivity index (χ0n) is 8.53. The Balaban J connectivity index is 2.77. The van der Waals surface area contributed by atoms with Gasteiger partial charge in [0.25, 0.3) is 0 Å². The van der Waals surface area contributed by atoms with Crippen LogP contribution in [0.4, 0.5) is 0 Å². The third-order valence-corrected chi connectivity index (χ3v) is 2.02. The van der Waals surface area contributed by atoms with E-state index in [1.54, 1.807) is 18.2 Å². The minimum absolute atomic E-state index is 0.232. The summed E-state index contributed by atoms with van der Waals surface area (Å²) in [7, 11) is 1.26. The monoisotopic (exact) mass is 207 g/mol. The molecule has 0 aliphatic rings. The quantitative estimate of drug-likeness (QED) is 0.452. The third-order valence-electron chi connectivity index (χ3n) is 2.02. The summed E-state index contributed by atoms with van der Waals surface area (Å²) in [5.41, 5.74) is 6.80. The molecule has 0 amide bonds. The van der Waals surface area contributed by atoms with Gasteiger partial charge in [0.15, 0.2) is 5.78 Å². The highest BCUT2D eigenvalue weighted by Gasteiger charge is 2.11. The molecule has 4 heteroatoms. The summed E-state index contributed by atoms with van der Waals surface area (Å²) in [6, 6.07) is 6.91. The first-order valence-electron chi connectivity index (χ1n) is 4.56. The number of hydrogen-bond acceptors (Lipinski definition) is 4. The number of esters is 1. The fourth-order valence-corrected chi connectivity index (χ4v) is 1.18. The molecule has 0 unspecified atom stereocenters. The highest BCUT2D eigenvalue weighted by atomic mass is 16.5. The average molecular weight is 207 g/mol. The Hall–Kier alpha value is -1.68. The average Bonchev–Trinajstić information content (AvgIpc) is 2.28. The molecule has 0 radical (unpaired) electrons. The van der Waals surface area contributed by atoms with Gasteiger partial charge in [-0.3, -0.25) is 9.59 Å². The maximum Gasteiger partial charge on any atom is 0.313 e. The molecule has 0 aliphatic heterocycles. The topological polar surface area (TPSA) is 69.4 Å². The number of rotatable bonds is 4. The molecule has 15 heavy (non-hydrogen) atoms. The first-order chi connectivity index (χ1) is 7.17. The van der Waals surface area contributed by atoms with Gasteiger partial charge in [-0.25, -0.2) is 0 Å². The molecule has 0 spiro atoms. The molecule has 1 rings (SSSR count). The van der Waals surface area contributed by atoms with Crippen molar-refractivity contribution in [2.75, 3.05) is 7.11 Å². The zero-order valence-corrected chi connectivity index (χ0v) is 8.53. The van der Waals surface area contributed by atoms with Gasteiger partial charge in [0, 0.05) is 12.1 Å². The number of methoxy groups -OCH3 is 1. The van der Waals surface area contributed by atoms with Crippen LogP contribution >= 0.6 is 0 Å². The van der Waals surface area contributed by atoms with Crippen LogP contribution in [0, 0.1) is 0 Å². The fourth-order valence-electron chi connectivity index (χ4n) is 1.18. The molecular weight excluding hydrogens is 194 g/mol. The predicted octanol–water partition coefficient (Wildman–Crippen LogP) is 0.891. The Morgan fingerprint density at radius 3 is 2.73 bits per heavy atom. The summed E-state index contributed by atoms with van der Waals surface area (Å²) in [6.07, 6.45) is -0.232. The van der Waals surface area contributed by atoms with Crippen molar-refractivity contribution < 1.29 is 14.3 Å². The number of ketones is 1. The molecule has 0 atom stereocenters. The van der Waals surface area contributed by atoms with Gasteiger partial charge in [0.2, 0.25) is 0 Å². The number of carbonyl (C=O) groups is 2. The van der Waals surface area contributed by atoms with Crippen LogP contribution in [0.25, 0.3) is 0 Å². The molecule has 0 saturated carbocycles. The van der Waals surface area contributed by atoms with Gasteiger partial charge < -0.3 is 10.5 Å². The largest absolute Gasteiger partial charge is 0.469 e. The fraction of sp³-hybridized carbons (Fsp3) is 0.273. The molecule has 1 aromatic carbocycles. The van der Waals surface area contributed by atoms with Crippen molar-refractivity contribution in [3.63, 3.8) is 0 Å². The minimum Gasteiger partial charge on any atom is -0.469 e. The lowest BCUT2D eigenvalue weighted by Gasteiger charge is -2.02. The van der Waals surface area contributed by atoms with Gasteiger partial charge >= 0.3 is 5.97 Å². The maximum absolute atomic E-state index is 11.5. The van der Waals surface area contributed by atoms with E-state index in [9.17, 15) is 9.59 Å². The summed E-state index contributed by atoms with van der Waals surface area (Å²) < 4.78 is 4.41. The molecule has 0 aromatic heterocycles. The standard InChI is InChI=1S/C11H13NO3/c1-15-11(14)6-10(13)9-4-2-3-8(5-9)7-12/h2-5H,6-7,12H2,1H3. The predicted molar refractivity (Wildman–Crippen MR) is 55.3 cm³/mol. The van der Waals surface area contributed by atoms with Crippen molar-refractivity contribution in [2.24, 2.45) is 5.73 Å². The second kappa shape index (κ2) is 5.26. The second-order valence-electron chi connectivity index (χ2n) is 3.08. The van der Waals surface area contributed by atoms with Crippen molar-refractivity contribution in [3.8, 4) is 0 Å². The van der Waals surface area contributed by atoms with Gasteiger partial charge in [-0.05, 0) is 11.6 Å². The van der Waals surface area contributed by atoms with Crippen LogP contribution in [0.3, 0.4) is 0 Å². The van der Waals surface area contributed by atoms with Gasteiger partial charge in [-0.1, -0.05) is 18.2 Å². The van der Waals surface area contributed by atoms with Gasteiger partial charge in [-0.2, -0.15) is 0 Å². The Labute approximate surface area is 88.0 Å². The molecule has 0 bridgehead atoms. The highest BCUT2D eigenvalue weighted by Crippen LogP contribution is 2.07. The van der Waals surface area contributed by atoms with Crippen LogP contribution in [0.2, 0.25) is 0 Å². The number of Topliss-reactive ketones (excluding diaryl/α,β-unsaturated/α-hetero) is 1. The smallest absolute Gasteiger partial charge is 0.313 e. The number of ether oxygens (including phenoxy) is 1. The van der Waals surface area contributed by atoms with E-state index in [0.29, 0.717) is 12.1 Å². The van der Waals surface area contributed by atoms with Gasteiger partial charge in [0.1, 0.15) is 6.42 Å². The van der Waals surface area contributed by atoms with Crippen LogP contribution in [-0.4, -0.2) is 18.9 Å². The lowest BCUT2D eigenvalue weighted by molar-refractivity contribution is -0.139. The molecule has 0 saturated heterocycles. The Morgan fingerprint density at radius 2 is 2.13 bits per heavy atom. The van der Waals surface area contributed by atoms with E-state index >= 15 is 0 Å². The van der Waals surface area contributed by atoms with Crippen LogP contribution in [0.15, 0.2) is 24.3 Å². The maximum atomic E-state index is 11.5. The van der Waals surface area contributed by atoms with E-state index in [1.165, 1.54) is 7.11 Å². The Kier molecular flexibility index (Phi) is 4.00. The van der Waals surface area contributed by atoms with Crippen LogP contribution in [-0.2, 0) is 16.1 Å². The molecule has 1 aromatic rings. The summed E-state index contributed by atoms with van der Waals surface area (Å²) in [4.78, 5) is 22.4. The molecule has 80 valence electrons. The van der Waals surface area contributed by atoms with Crippen molar-refractivity contribution in [3.05, 3.63) is 35.4 Å². The van der Waals surface area contributed by atoms with Crippen LogP contribution in [0.5, 0.6) is 0 Å². The van der Waals surface area contributed by atoms with Gasteiger partial charge in [-0.15, -0.1) is 0 Å². The van der Waals surface area contributed by atoms with E-state index in [2.05, 4.69) is 4.74 Å². The third kappa shape index (κ3) is 3.18. The van der Waals surface area contributed by atoms with Crippen LogP contribution < -0.4 is 5.73 Å². The molecule has 0 aliphatic carbocycles. The van der Waals surface area contributed by atoms with E-state index in [0.717, 1.165) is 5.56 Å². The summed E-state index contributed by atoms with van der Waals surface area (Å²) in [5.74, 6) is -0.782. The van der Waals surface area contributed by atoms with Crippen molar-refractivity contribution in [1.82, 2.24) is 0 Å². The van der Waals surface area contributed by atoms with Crippen molar-refractivity contribution in [2.45, 2.75) is 13.0 Å². The summed E-state index contributed by atoms with van der Waals surface area (Å²) in [6.45, 7) is 0.374. The summed E-state index contributed by atoms with van der Waals surface area (Å²) in [5, 5.41) is 0. The lowest BCUT2D eigenvalue weighted by atomic mass is 10.1. The summed E-state index contributed by atoms with van der Waals surface area (Å²) >= 11 is 0. The number of carbonyl (C=O) groups excluding carboxylic acids is 2. The first-order valence-corrected chi connectivity index (χ1v) is 4.56. The van der Waals surface area contributed by atoms with E-state index in [1.807, 2.05) is 6.07 Å². The lowest BCUT2D eigenvalue weighted by Crippen LogP contribution is -2.10. The first kappa shape index (κ1) is 11.4. The van der Waals surface area contributed by atoms with E-state index in [4.69, 9.17) is 5.73 Å². The van der Waals surface area contributed by atoms with E-state index < -0.39 is 5.97 Å². The Bertz CT molecular complexity index is 374. The van der Waals surface area contributed by atoms with Crippen molar-refractivity contribution >= 4 is 11.8 Å². The minimum atomic E-state index is -0.529. The van der Waals surface area contributed by atoms with Crippen molar-refractivity contribution in [1.29, 1.82) is 0 Å². The number of hydrogen-bond donors (Lipinski definition) is 1. The molecular formula is C11H13NO3. The van der Waals surface area contributed by atoms with E-state index in [-0.39, 0.29) is 12.2 Å². The number of nitrogens with two attached hydrogens (primary N) is 1. The molecule has 4 nitrogen and oxygen atoms in total. The molecule has 0 heterocycles. The Morgan fingerprint density at radius 1 is 1.40 bits per heavy atom. The van der Waals surface area contributed by atoms with Gasteiger partial charge in [0.05, 0.1) is 7.11 Å². The SMILES string of the molecule is COC(=O)CC(=O)c1cccc(CN)c1. The van der Waals surface area contributed by atoms with Crippen LogP contribution in [0.1, 0.15) is 22.3 Å². The molecule has 2 N–H and O–H groups in total. The number of benzene rings is 1. The second-order valence-corrected chi connectivity index (χ2v) is 3.08.